The molecule has 1 amide bonds. The normalized spacial score (nSPS) is 13.2. The van der Waals surface area contributed by atoms with E-state index in [9.17, 15) is 4.79 Å². The predicted molar refractivity (Wildman–Crippen MR) is 99.1 cm³/mol. The molecule has 0 radical (unpaired) electrons. The number of amides is 1. The smallest absolute Gasteiger partial charge is 0.270 e. The fraction of sp³-hybridized carbons (Fsp3) is 0.100. The van der Waals surface area contributed by atoms with Gasteiger partial charge in [0.15, 0.2) is 5.88 Å². The molecule has 0 bridgehead atoms. The van der Waals surface area contributed by atoms with Crippen molar-refractivity contribution in [3.8, 4) is 21.8 Å². The second-order valence-electron chi connectivity index (χ2n) is 5.59. The molecule has 0 saturated heterocycles. The molecule has 0 unspecified atom stereocenters. The molecule has 0 saturated carbocycles. The summed E-state index contributed by atoms with van der Waals surface area (Å²) in [5.74, 6) is 0.338. The van der Waals surface area contributed by atoms with Crippen LogP contribution in [0.2, 0.25) is 0 Å². The molecule has 2 heterocycles. The van der Waals surface area contributed by atoms with Crippen LogP contribution in [0.3, 0.4) is 0 Å². The Bertz CT molecular complexity index is 917. The number of rotatable bonds is 4. The van der Waals surface area contributed by atoms with Crippen molar-refractivity contribution < 1.29 is 9.53 Å². The van der Waals surface area contributed by atoms with Crippen molar-refractivity contribution >= 4 is 17.2 Å². The van der Waals surface area contributed by atoms with Crippen molar-refractivity contribution in [2.75, 3.05) is 6.61 Å². The minimum absolute atomic E-state index is 0.188. The summed E-state index contributed by atoms with van der Waals surface area (Å²) in [6.07, 6.45) is 2.71. The summed E-state index contributed by atoms with van der Waals surface area (Å²) < 4.78 is 5.40. The number of aromatic nitrogens is 1. The summed E-state index contributed by atoms with van der Waals surface area (Å²) in [4.78, 5) is 18.1. The summed E-state index contributed by atoms with van der Waals surface area (Å²) in [5, 5.41) is 3.67. The van der Waals surface area contributed by atoms with E-state index in [1.807, 2.05) is 66.7 Å². The maximum absolute atomic E-state index is 12.8. The topological polar surface area (TPSA) is 51.2 Å². The Labute approximate surface area is 149 Å². The van der Waals surface area contributed by atoms with Gasteiger partial charge in [0, 0.05) is 17.5 Å². The quantitative estimate of drug-likeness (QED) is 0.757. The lowest BCUT2D eigenvalue weighted by atomic mass is 10.1. The Morgan fingerprint density at radius 1 is 1.00 bits per heavy atom. The molecule has 5 heteroatoms. The third kappa shape index (κ3) is 3.32. The Kier molecular flexibility index (Phi) is 4.31. The molecular weight excluding hydrogens is 332 g/mol. The minimum atomic E-state index is -0.188. The highest BCUT2D eigenvalue weighted by Gasteiger charge is 2.21. The van der Waals surface area contributed by atoms with Crippen LogP contribution in [0.15, 0.2) is 72.6 Å². The van der Waals surface area contributed by atoms with Crippen molar-refractivity contribution in [1.82, 2.24) is 10.3 Å². The molecule has 1 aromatic heterocycles. The summed E-state index contributed by atoms with van der Waals surface area (Å²) in [7, 11) is 0. The Hall–Kier alpha value is -2.92. The van der Waals surface area contributed by atoms with Crippen LogP contribution in [-0.4, -0.2) is 17.5 Å². The molecule has 1 aliphatic heterocycles. The second kappa shape index (κ2) is 6.91. The van der Waals surface area contributed by atoms with E-state index >= 15 is 0 Å². The molecule has 0 fully saturated rings. The highest BCUT2D eigenvalue weighted by Crippen LogP contribution is 2.34. The van der Waals surface area contributed by atoms with Gasteiger partial charge in [-0.2, -0.15) is 0 Å². The lowest BCUT2D eigenvalue weighted by Crippen LogP contribution is -2.22. The number of benzene rings is 2. The number of carbonyl (C=O) groups is 1. The molecule has 0 spiro atoms. The van der Waals surface area contributed by atoms with E-state index in [1.165, 1.54) is 11.3 Å². The van der Waals surface area contributed by atoms with E-state index in [4.69, 9.17) is 9.72 Å². The van der Waals surface area contributed by atoms with Crippen LogP contribution in [0.5, 0.6) is 0 Å². The monoisotopic (exact) mass is 348 g/mol. The zero-order chi connectivity index (χ0) is 17.1. The van der Waals surface area contributed by atoms with Crippen LogP contribution in [0.4, 0.5) is 0 Å². The maximum atomic E-state index is 12.8. The Balaban J connectivity index is 1.75. The van der Waals surface area contributed by atoms with Crippen LogP contribution in [0, 0.1) is 0 Å². The van der Waals surface area contributed by atoms with Gasteiger partial charge < -0.3 is 4.74 Å². The van der Waals surface area contributed by atoms with E-state index in [2.05, 4.69) is 5.32 Å². The first kappa shape index (κ1) is 15.6. The van der Waals surface area contributed by atoms with Crippen LogP contribution in [0.1, 0.15) is 16.1 Å². The molecule has 1 aliphatic rings. The van der Waals surface area contributed by atoms with Crippen LogP contribution < -0.4 is 5.32 Å². The fourth-order valence-corrected chi connectivity index (χ4v) is 3.63. The van der Waals surface area contributed by atoms with Crippen molar-refractivity contribution in [1.29, 1.82) is 0 Å². The van der Waals surface area contributed by atoms with Gasteiger partial charge in [-0.05, 0) is 6.08 Å². The third-order valence-corrected chi connectivity index (χ3v) is 4.95. The van der Waals surface area contributed by atoms with Gasteiger partial charge in [-0.15, -0.1) is 11.3 Å². The van der Waals surface area contributed by atoms with Crippen molar-refractivity contribution in [3.05, 3.63) is 77.5 Å². The standard InChI is InChI=1S/C20H16N2O2S/c23-19(21-16-12-7-13-24-16)18-17(14-8-3-1-4-9-14)22-20(25-18)15-10-5-2-6-11-15/h1-6,8-12H,7,13H2,(H,21,23). The highest BCUT2D eigenvalue weighted by molar-refractivity contribution is 7.17. The van der Waals surface area contributed by atoms with E-state index in [0.29, 0.717) is 23.1 Å². The molecule has 124 valence electrons. The third-order valence-electron chi connectivity index (χ3n) is 3.84. The number of thiazole rings is 1. The lowest BCUT2D eigenvalue weighted by Gasteiger charge is -2.06. The summed E-state index contributed by atoms with van der Waals surface area (Å²) >= 11 is 1.39. The molecule has 4 nitrogen and oxygen atoms in total. The van der Waals surface area contributed by atoms with E-state index in [0.717, 1.165) is 22.6 Å². The van der Waals surface area contributed by atoms with Gasteiger partial charge >= 0.3 is 0 Å². The first-order chi connectivity index (χ1) is 12.3. The number of carbonyl (C=O) groups excluding carboxylic acids is 1. The minimum Gasteiger partial charge on any atom is -0.479 e. The van der Waals surface area contributed by atoms with Crippen LogP contribution in [0.25, 0.3) is 21.8 Å². The predicted octanol–water partition coefficient (Wildman–Crippen LogP) is 4.47. The SMILES string of the molecule is O=C(NC1=CCCO1)c1sc(-c2ccccc2)nc1-c1ccccc1. The maximum Gasteiger partial charge on any atom is 0.270 e. The zero-order valence-electron chi connectivity index (χ0n) is 13.4. The van der Waals surface area contributed by atoms with Crippen LogP contribution in [-0.2, 0) is 4.74 Å². The first-order valence-electron chi connectivity index (χ1n) is 8.07. The largest absolute Gasteiger partial charge is 0.479 e. The van der Waals surface area contributed by atoms with Gasteiger partial charge in [0.2, 0.25) is 0 Å². The molecule has 0 atom stereocenters. The summed E-state index contributed by atoms with van der Waals surface area (Å²) in [6, 6.07) is 19.7. The average Bonchev–Trinajstić information content (AvgIpc) is 3.33. The number of nitrogens with one attached hydrogen (secondary N) is 1. The fourth-order valence-electron chi connectivity index (χ4n) is 2.64. The van der Waals surface area contributed by atoms with Crippen molar-refractivity contribution in [3.63, 3.8) is 0 Å². The van der Waals surface area contributed by atoms with E-state index in [-0.39, 0.29) is 5.91 Å². The second-order valence-corrected chi connectivity index (χ2v) is 6.59. The molecule has 4 rings (SSSR count). The Morgan fingerprint density at radius 3 is 2.32 bits per heavy atom. The van der Waals surface area contributed by atoms with Gasteiger partial charge in [0.25, 0.3) is 5.91 Å². The number of hydrogen-bond acceptors (Lipinski definition) is 4. The van der Waals surface area contributed by atoms with Gasteiger partial charge in [0.1, 0.15) is 9.88 Å². The number of ether oxygens (including phenoxy) is 1. The molecule has 3 aromatic rings. The lowest BCUT2D eigenvalue weighted by molar-refractivity contribution is 0.0935. The van der Waals surface area contributed by atoms with Crippen molar-refractivity contribution in [2.45, 2.75) is 6.42 Å². The summed E-state index contributed by atoms with van der Waals surface area (Å²) in [6.45, 7) is 0.610. The molecule has 25 heavy (non-hydrogen) atoms. The molecule has 1 N–H and O–H groups in total. The van der Waals surface area contributed by atoms with Gasteiger partial charge in [-0.1, -0.05) is 60.7 Å². The highest BCUT2D eigenvalue weighted by atomic mass is 32.1. The first-order valence-corrected chi connectivity index (χ1v) is 8.89. The van der Waals surface area contributed by atoms with Crippen molar-refractivity contribution in [2.24, 2.45) is 0 Å². The summed E-state index contributed by atoms with van der Waals surface area (Å²) in [5.41, 5.74) is 2.62. The average molecular weight is 348 g/mol. The molecular formula is C20H16N2O2S. The van der Waals surface area contributed by atoms with E-state index in [1.54, 1.807) is 0 Å². The molecule has 2 aromatic carbocycles. The van der Waals surface area contributed by atoms with Gasteiger partial charge in [-0.3, -0.25) is 10.1 Å². The van der Waals surface area contributed by atoms with Crippen LogP contribution >= 0.6 is 11.3 Å². The van der Waals surface area contributed by atoms with E-state index < -0.39 is 0 Å². The number of nitrogens with zero attached hydrogens (tertiary/aromatic N) is 1. The Morgan fingerprint density at radius 2 is 1.68 bits per heavy atom. The van der Waals surface area contributed by atoms with Gasteiger partial charge in [0.05, 0.1) is 12.3 Å². The zero-order valence-corrected chi connectivity index (χ0v) is 14.3. The molecule has 0 aliphatic carbocycles. The number of hydrogen-bond donors (Lipinski definition) is 1. The van der Waals surface area contributed by atoms with Gasteiger partial charge in [-0.25, -0.2) is 4.98 Å².